The molecule has 0 radical (unpaired) electrons. The molecule has 2 rings (SSSR count). The van der Waals surface area contributed by atoms with Gasteiger partial charge in [0.05, 0.1) is 0 Å². The molecule has 0 aliphatic carbocycles. The summed E-state index contributed by atoms with van der Waals surface area (Å²) in [6.45, 7) is 12.1. The van der Waals surface area contributed by atoms with Crippen molar-refractivity contribution in [2.45, 2.75) is 38.8 Å². The fraction of sp³-hybridized carbons (Fsp3) is 1.00. The van der Waals surface area contributed by atoms with Gasteiger partial charge in [-0.05, 0) is 39.8 Å². The lowest BCUT2D eigenvalue weighted by atomic mass is 10.0. The highest BCUT2D eigenvalue weighted by Crippen LogP contribution is 2.18. The number of hydrogen-bond acceptors (Lipinski definition) is 3. The average molecular weight is 211 g/mol. The third-order valence-corrected chi connectivity index (χ3v) is 3.90. The van der Waals surface area contributed by atoms with Gasteiger partial charge in [-0.15, -0.1) is 0 Å². The molecule has 0 bridgehead atoms. The van der Waals surface area contributed by atoms with Crippen molar-refractivity contribution in [3.8, 4) is 0 Å². The Morgan fingerprint density at radius 2 is 1.60 bits per heavy atom. The molecule has 2 heterocycles. The molecule has 3 heteroatoms. The van der Waals surface area contributed by atoms with E-state index in [4.69, 9.17) is 0 Å². The van der Waals surface area contributed by atoms with Crippen LogP contribution in [0.15, 0.2) is 0 Å². The first-order valence-corrected chi connectivity index (χ1v) is 6.46. The summed E-state index contributed by atoms with van der Waals surface area (Å²) in [4.78, 5) is 5.30. The Hall–Kier alpha value is -0.120. The molecule has 0 atom stereocenters. The Morgan fingerprint density at radius 1 is 1.00 bits per heavy atom. The number of likely N-dealkylation sites (tertiary alicyclic amines) is 1. The molecule has 2 saturated heterocycles. The molecule has 2 aliphatic heterocycles. The van der Waals surface area contributed by atoms with Gasteiger partial charge in [0.2, 0.25) is 0 Å². The summed E-state index contributed by atoms with van der Waals surface area (Å²) in [6, 6.07) is 1.59. The van der Waals surface area contributed by atoms with Crippen LogP contribution in [0.5, 0.6) is 0 Å². The topological polar surface area (TPSA) is 18.5 Å². The SMILES string of the molecule is CC(C)N1CCC(N2CCNCC2)CC1. The minimum Gasteiger partial charge on any atom is -0.314 e. The predicted molar refractivity (Wildman–Crippen MR) is 64.2 cm³/mol. The Balaban J connectivity index is 1.77. The summed E-state index contributed by atoms with van der Waals surface area (Å²) in [7, 11) is 0. The fourth-order valence-corrected chi connectivity index (χ4v) is 2.81. The van der Waals surface area contributed by atoms with Crippen molar-refractivity contribution in [3.63, 3.8) is 0 Å². The van der Waals surface area contributed by atoms with Crippen molar-refractivity contribution in [2.75, 3.05) is 39.3 Å². The van der Waals surface area contributed by atoms with E-state index in [2.05, 4.69) is 29.0 Å². The van der Waals surface area contributed by atoms with Crippen LogP contribution in [0, 0.1) is 0 Å². The van der Waals surface area contributed by atoms with Crippen molar-refractivity contribution < 1.29 is 0 Å². The fourth-order valence-electron chi connectivity index (χ4n) is 2.81. The lowest BCUT2D eigenvalue weighted by Gasteiger charge is -2.41. The normalized spacial score (nSPS) is 27.4. The third kappa shape index (κ3) is 2.92. The molecule has 0 unspecified atom stereocenters. The number of nitrogens with one attached hydrogen (secondary N) is 1. The lowest BCUT2D eigenvalue weighted by molar-refractivity contribution is 0.0840. The van der Waals surface area contributed by atoms with Crippen LogP contribution < -0.4 is 5.32 Å². The summed E-state index contributed by atoms with van der Waals surface area (Å²) in [6.07, 6.45) is 2.75. The van der Waals surface area contributed by atoms with Crippen LogP contribution in [0.1, 0.15) is 26.7 Å². The van der Waals surface area contributed by atoms with E-state index in [1.807, 2.05) is 0 Å². The molecule has 0 aromatic heterocycles. The number of hydrogen-bond donors (Lipinski definition) is 1. The van der Waals surface area contributed by atoms with E-state index in [1.165, 1.54) is 52.1 Å². The summed E-state index contributed by atoms with van der Waals surface area (Å²) in [5.41, 5.74) is 0. The molecule has 2 aliphatic rings. The first-order valence-electron chi connectivity index (χ1n) is 6.46. The van der Waals surface area contributed by atoms with Gasteiger partial charge in [0.1, 0.15) is 0 Å². The van der Waals surface area contributed by atoms with Gasteiger partial charge in [0, 0.05) is 38.3 Å². The first-order chi connectivity index (χ1) is 7.27. The third-order valence-electron chi connectivity index (χ3n) is 3.90. The quantitative estimate of drug-likeness (QED) is 0.728. The van der Waals surface area contributed by atoms with Crippen LogP contribution in [0.2, 0.25) is 0 Å². The van der Waals surface area contributed by atoms with Gasteiger partial charge in [0.15, 0.2) is 0 Å². The maximum atomic E-state index is 3.43. The zero-order valence-corrected chi connectivity index (χ0v) is 10.2. The van der Waals surface area contributed by atoms with E-state index in [0.29, 0.717) is 0 Å². The van der Waals surface area contributed by atoms with Crippen LogP contribution >= 0.6 is 0 Å². The molecular weight excluding hydrogens is 186 g/mol. The minimum atomic E-state index is 0.731. The number of piperazine rings is 1. The highest BCUT2D eigenvalue weighted by Gasteiger charge is 2.25. The lowest BCUT2D eigenvalue weighted by Crippen LogP contribution is -2.52. The van der Waals surface area contributed by atoms with Gasteiger partial charge >= 0.3 is 0 Å². The number of rotatable bonds is 2. The monoisotopic (exact) mass is 211 g/mol. The minimum absolute atomic E-state index is 0.731. The molecule has 1 N–H and O–H groups in total. The molecule has 3 nitrogen and oxygen atoms in total. The molecule has 88 valence electrons. The summed E-state index contributed by atoms with van der Waals surface area (Å²) >= 11 is 0. The molecule has 0 amide bonds. The van der Waals surface area contributed by atoms with Gasteiger partial charge in [-0.3, -0.25) is 4.90 Å². The largest absolute Gasteiger partial charge is 0.314 e. The second-order valence-corrected chi connectivity index (χ2v) is 5.15. The van der Waals surface area contributed by atoms with Gasteiger partial charge < -0.3 is 10.2 Å². The second kappa shape index (κ2) is 5.28. The van der Waals surface area contributed by atoms with E-state index in [1.54, 1.807) is 0 Å². The number of nitrogens with zero attached hydrogens (tertiary/aromatic N) is 2. The van der Waals surface area contributed by atoms with Crippen LogP contribution in [0.4, 0.5) is 0 Å². The van der Waals surface area contributed by atoms with Crippen LogP contribution in [0.3, 0.4) is 0 Å². The van der Waals surface area contributed by atoms with Gasteiger partial charge in [-0.25, -0.2) is 0 Å². The Morgan fingerprint density at radius 3 is 2.13 bits per heavy atom. The van der Waals surface area contributed by atoms with Gasteiger partial charge in [-0.2, -0.15) is 0 Å². The van der Waals surface area contributed by atoms with Crippen molar-refractivity contribution in [2.24, 2.45) is 0 Å². The Bertz CT molecular complexity index is 179. The van der Waals surface area contributed by atoms with E-state index in [-0.39, 0.29) is 0 Å². The highest BCUT2D eigenvalue weighted by molar-refractivity contribution is 4.83. The van der Waals surface area contributed by atoms with Crippen molar-refractivity contribution in [3.05, 3.63) is 0 Å². The molecule has 0 saturated carbocycles. The van der Waals surface area contributed by atoms with Crippen LogP contribution in [0.25, 0.3) is 0 Å². The van der Waals surface area contributed by atoms with E-state index >= 15 is 0 Å². The van der Waals surface area contributed by atoms with E-state index < -0.39 is 0 Å². The molecule has 2 fully saturated rings. The summed E-state index contributed by atoms with van der Waals surface area (Å²) in [5, 5.41) is 3.43. The predicted octanol–water partition coefficient (Wildman–Crippen LogP) is 0.764. The van der Waals surface area contributed by atoms with Crippen LogP contribution in [-0.4, -0.2) is 61.2 Å². The van der Waals surface area contributed by atoms with E-state index in [9.17, 15) is 0 Å². The zero-order chi connectivity index (χ0) is 10.7. The zero-order valence-electron chi connectivity index (χ0n) is 10.2. The van der Waals surface area contributed by atoms with Crippen LogP contribution in [-0.2, 0) is 0 Å². The molecular formula is C12H25N3. The Kier molecular flexibility index (Phi) is 4.00. The van der Waals surface area contributed by atoms with Gasteiger partial charge in [-0.1, -0.05) is 0 Å². The van der Waals surface area contributed by atoms with Gasteiger partial charge in [0.25, 0.3) is 0 Å². The molecule has 0 aromatic rings. The summed E-state index contributed by atoms with van der Waals surface area (Å²) in [5.74, 6) is 0. The highest BCUT2D eigenvalue weighted by atomic mass is 15.2. The van der Waals surface area contributed by atoms with Crippen molar-refractivity contribution in [1.29, 1.82) is 0 Å². The maximum absolute atomic E-state index is 3.43. The van der Waals surface area contributed by atoms with E-state index in [0.717, 1.165) is 12.1 Å². The first kappa shape index (κ1) is 11.4. The smallest absolute Gasteiger partial charge is 0.0121 e. The summed E-state index contributed by atoms with van der Waals surface area (Å²) < 4.78 is 0. The molecule has 0 spiro atoms. The molecule has 15 heavy (non-hydrogen) atoms. The second-order valence-electron chi connectivity index (χ2n) is 5.15. The van der Waals surface area contributed by atoms with Crippen molar-refractivity contribution >= 4 is 0 Å². The molecule has 0 aromatic carbocycles. The maximum Gasteiger partial charge on any atom is 0.0121 e. The van der Waals surface area contributed by atoms with Crippen molar-refractivity contribution in [1.82, 2.24) is 15.1 Å². The Labute approximate surface area is 93.8 Å². The average Bonchev–Trinajstić information content (AvgIpc) is 2.30. The number of piperidine rings is 1. The standard InChI is InChI=1S/C12H25N3/c1-11(2)14-7-3-12(4-8-14)15-9-5-13-6-10-15/h11-13H,3-10H2,1-2H3.